The van der Waals surface area contributed by atoms with E-state index < -0.39 is 0 Å². The number of amides is 1. The number of carbonyl (C=O) groups excluding carboxylic acids is 1. The van der Waals surface area contributed by atoms with Crippen molar-refractivity contribution in [2.75, 3.05) is 26.2 Å². The number of rotatable bonds is 6. The maximum Gasteiger partial charge on any atom is 0.253 e. The van der Waals surface area contributed by atoms with Gasteiger partial charge in [-0.25, -0.2) is 0 Å². The van der Waals surface area contributed by atoms with Gasteiger partial charge in [0.05, 0.1) is 16.6 Å². The predicted molar refractivity (Wildman–Crippen MR) is 122 cm³/mol. The molecule has 27 heavy (non-hydrogen) atoms. The van der Waals surface area contributed by atoms with E-state index in [-0.39, 0.29) is 23.7 Å². The Bertz CT molecular complexity index is 1020. The summed E-state index contributed by atoms with van der Waals surface area (Å²) in [6.45, 7) is 7.51. The number of carbonyl (C=O) groups is 1. The van der Waals surface area contributed by atoms with Gasteiger partial charge in [0.25, 0.3) is 5.91 Å². The monoisotopic (exact) mass is 499 g/mol. The molecule has 3 rings (SSSR count). The van der Waals surface area contributed by atoms with E-state index in [1.54, 1.807) is 18.2 Å². The van der Waals surface area contributed by atoms with Crippen LogP contribution in [0.1, 0.15) is 24.2 Å². The predicted octanol–water partition coefficient (Wildman–Crippen LogP) is 3.78. The fourth-order valence-corrected chi connectivity index (χ4v) is 3.62. The number of para-hydroxylation sites is 1. The average Bonchev–Trinajstić information content (AvgIpc) is 2.64. The molecule has 0 aliphatic heterocycles. The standard InChI is InChI=1S/C20H22IN3O2.ClH/c1-3-24(4-2)11-10-22-20(26)16-7-5-6-15-18(16)23-17-12-13(21)8-9-14(17)19(15)25;/h5-9,12H,3-4,10-11H2,1-2H3,(H,22,26)(H,23,25);1H. The van der Waals surface area contributed by atoms with E-state index in [1.807, 2.05) is 18.2 Å². The fraction of sp³-hybridized carbons (Fsp3) is 0.300. The molecule has 7 heteroatoms. The number of nitrogens with zero attached hydrogens (tertiary/aromatic N) is 1. The van der Waals surface area contributed by atoms with Gasteiger partial charge < -0.3 is 15.2 Å². The van der Waals surface area contributed by atoms with Crippen molar-refractivity contribution in [3.05, 3.63) is 55.8 Å². The summed E-state index contributed by atoms with van der Waals surface area (Å²) < 4.78 is 1.03. The summed E-state index contributed by atoms with van der Waals surface area (Å²) in [6, 6.07) is 10.9. The van der Waals surface area contributed by atoms with Crippen LogP contribution in [-0.2, 0) is 0 Å². The molecule has 0 radical (unpaired) electrons. The van der Waals surface area contributed by atoms with Crippen LogP contribution in [0.5, 0.6) is 0 Å². The highest BCUT2D eigenvalue weighted by Gasteiger charge is 2.14. The Morgan fingerprint density at radius 3 is 2.59 bits per heavy atom. The quantitative estimate of drug-likeness (QED) is 0.401. The minimum absolute atomic E-state index is 0. The van der Waals surface area contributed by atoms with Crippen molar-refractivity contribution in [3.63, 3.8) is 0 Å². The highest BCUT2D eigenvalue weighted by Crippen LogP contribution is 2.20. The molecule has 2 aromatic carbocycles. The molecule has 1 amide bonds. The van der Waals surface area contributed by atoms with Gasteiger partial charge in [-0.1, -0.05) is 19.9 Å². The molecule has 2 N–H and O–H groups in total. The second-order valence-electron chi connectivity index (χ2n) is 6.15. The summed E-state index contributed by atoms with van der Waals surface area (Å²) in [5.41, 5.74) is 1.79. The van der Waals surface area contributed by atoms with Gasteiger partial charge in [-0.3, -0.25) is 9.59 Å². The Hall–Kier alpha value is -1.64. The molecule has 0 spiro atoms. The SMILES string of the molecule is CCN(CC)CCNC(=O)c1cccc2c(=O)c3ccc(I)cc3[nH]c12.Cl. The van der Waals surface area contributed by atoms with Crippen LogP contribution < -0.4 is 10.7 Å². The first-order valence-electron chi connectivity index (χ1n) is 8.80. The van der Waals surface area contributed by atoms with Crippen molar-refractivity contribution in [2.24, 2.45) is 0 Å². The topological polar surface area (TPSA) is 65.2 Å². The Labute approximate surface area is 178 Å². The zero-order chi connectivity index (χ0) is 18.7. The number of aromatic amines is 1. The second-order valence-corrected chi connectivity index (χ2v) is 7.40. The first-order valence-corrected chi connectivity index (χ1v) is 9.87. The zero-order valence-electron chi connectivity index (χ0n) is 15.3. The van der Waals surface area contributed by atoms with Crippen LogP contribution in [0.3, 0.4) is 0 Å². The van der Waals surface area contributed by atoms with Gasteiger partial charge in [0, 0.05) is 27.4 Å². The minimum Gasteiger partial charge on any atom is -0.354 e. The van der Waals surface area contributed by atoms with E-state index in [9.17, 15) is 9.59 Å². The van der Waals surface area contributed by atoms with E-state index in [0.29, 0.717) is 28.4 Å². The summed E-state index contributed by atoms with van der Waals surface area (Å²) in [5, 5.41) is 4.14. The number of fused-ring (bicyclic) bond motifs is 2. The summed E-state index contributed by atoms with van der Waals surface area (Å²) in [6.07, 6.45) is 0. The van der Waals surface area contributed by atoms with Crippen LogP contribution in [0.2, 0.25) is 0 Å². The van der Waals surface area contributed by atoms with Crippen LogP contribution in [0.15, 0.2) is 41.2 Å². The van der Waals surface area contributed by atoms with Gasteiger partial charge in [0.1, 0.15) is 0 Å². The Kier molecular flexibility index (Phi) is 7.64. The number of hydrogen-bond donors (Lipinski definition) is 2. The van der Waals surface area contributed by atoms with Crippen molar-refractivity contribution >= 4 is 62.7 Å². The Morgan fingerprint density at radius 2 is 1.89 bits per heavy atom. The first-order chi connectivity index (χ1) is 12.5. The summed E-state index contributed by atoms with van der Waals surface area (Å²) >= 11 is 2.21. The highest BCUT2D eigenvalue weighted by atomic mass is 127. The zero-order valence-corrected chi connectivity index (χ0v) is 18.3. The number of hydrogen-bond acceptors (Lipinski definition) is 3. The molecule has 0 aliphatic rings. The Morgan fingerprint density at radius 1 is 1.15 bits per heavy atom. The van der Waals surface area contributed by atoms with E-state index >= 15 is 0 Å². The number of H-pyrrole nitrogens is 1. The molecular formula is C20H23ClIN3O2. The molecule has 0 unspecified atom stereocenters. The van der Waals surface area contributed by atoms with Crippen LogP contribution in [0, 0.1) is 3.57 Å². The molecule has 0 saturated heterocycles. The lowest BCUT2D eigenvalue weighted by Crippen LogP contribution is -2.35. The van der Waals surface area contributed by atoms with E-state index in [4.69, 9.17) is 0 Å². The second kappa shape index (κ2) is 9.52. The van der Waals surface area contributed by atoms with Crippen LogP contribution >= 0.6 is 35.0 Å². The van der Waals surface area contributed by atoms with Crippen molar-refractivity contribution in [2.45, 2.75) is 13.8 Å². The molecule has 0 fully saturated rings. The molecular weight excluding hydrogens is 477 g/mol. The van der Waals surface area contributed by atoms with Crippen molar-refractivity contribution in [1.82, 2.24) is 15.2 Å². The summed E-state index contributed by atoms with van der Waals surface area (Å²) in [4.78, 5) is 31.0. The maximum absolute atomic E-state index is 12.8. The normalized spacial score (nSPS) is 11.0. The fourth-order valence-electron chi connectivity index (χ4n) is 3.13. The molecule has 0 saturated carbocycles. The number of pyridine rings is 1. The third-order valence-corrected chi connectivity index (χ3v) is 5.32. The lowest BCUT2D eigenvalue weighted by Gasteiger charge is -2.18. The van der Waals surface area contributed by atoms with Gasteiger partial charge in [-0.15, -0.1) is 12.4 Å². The third kappa shape index (κ3) is 4.62. The van der Waals surface area contributed by atoms with Gasteiger partial charge in [-0.2, -0.15) is 0 Å². The van der Waals surface area contributed by atoms with Crippen LogP contribution in [-0.4, -0.2) is 42.0 Å². The van der Waals surface area contributed by atoms with Gasteiger partial charge in [-0.05, 0) is 66.0 Å². The van der Waals surface area contributed by atoms with E-state index in [1.165, 1.54) is 0 Å². The molecule has 1 heterocycles. The molecule has 0 atom stereocenters. The smallest absolute Gasteiger partial charge is 0.253 e. The van der Waals surface area contributed by atoms with Crippen molar-refractivity contribution in [3.8, 4) is 0 Å². The number of aromatic nitrogens is 1. The lowest BCUT2D eigenvalue weighted by atomic mass is 10.1. The van der Waals surface area contributed by atoms with Gasteiger partial charge in [0.2, 0.25) is 0 Å². The largest absolute Gasteiger partial charge is 0.354 e. The first kappa shape index (κ1) is 21.7. The van der Waals surface area contributed by atoms with Crippen LogP contribution in [0.4, 0.5) is 0 Å². The Balaban J connectivity index is 0.00000261. The van der Waals surface area contributed by atoms with Crippen molar-refractivity contribution in [1.29, 1.82) is 0 Å². The highest BCUT2D eigenvalue weighted by molar-refractivity contribution is 14.1. The molecule has 0 bridgehead atoms. The lowest BCUT2D eigenvalue weighted by molar-refractivity contribution is 0.0950. The average molecular weight is 500 g/mol. The molecule has 0 aliphatic carbocycles. The summed E-state index contributed by atoms with van der Waals surface area (Å²) in [7, 11) is 0. The van der Waals surface area contributed by atoms with Crippen LogP contribution in [0.25, 0.3) is 21.8 Å². The van der Waals surface area contributed by atoms with Crippen molar-refractivity contribution < 1.29 is 4.79 Å². The molecule has 3 aromatic rings. The number of nitrogens with one attached hydrogen (secondary N) is 2. The minimum atomic E-state index is -0.164. The maximum atomic E-state index is 12.8. The number of benzene rings is 2. The molecule has 1 aromatic heterocycles. The van der Waals surface area contributed by atoms with Gasteiger partial charge in [0.15, 0.2) is 5.43 Å². The van der Waals surface area contributed by atoms with Gasteiger partial charge >= 0.3 is 0 Å². The van der Waals surface area contributed by atoms with E-state index in [0.717, 1.165) is 28.7 Å². The summed E-state index contributed by atoms with van der Waals surface area (Å²) in [5.74, 6) is -0.164. The number of halogens is 2. The van der Waals surface area contributed by atoms with E-state index in [2.05, 4.69) is 51.6 Å². The molecule has 144 valence electrons. The third-order valence-electron chi connectivity index (χ3n) is 4.65. The molecule has 5 nitrogen and oxygen atoms in total. The number of likely N-dealkylation sites (N-methyl/N-ethyl adjacent to an activating group) is 1.